The van der Waals surface area contributed by atoms with Crippen LogP contribution in [0.1, 0.15) is 54.9 Å². The van der Waals surface area contributed by atoms with Crippen molar-refractivity contribution in [2.24, 2.45) is 0 Å². The highest BCUT2D eigenvalue weighted by Crippen LogP contribution is 2.26. The number of nitrogens with one attached hydrogen (secondary N) is 3. The maximum atomic E-state index is 12.9. The largest absolute Gasteiger partial charge is 0.330 e. The predicted molar refractivity (Wildman–Crippen MR) is 227 cm³/mol. The van der Waals surface area contributed by atoms with E-state index in [0.29, 0.717) is 23.6 Å². The zero-order chi connectivity index (χ0) is 40.2. The van der Waals surface area contributed by atoms with E-state index >= 15 is 0 Å². The number of rotatable bonds is 11. The number of aromatic amines is 3. The molecule has 2 aliphatic heterocycles. The molecule has 0 radical (unpaired) electrons. The minimum atomic E-state index is -0.332. The Balaban J connectivity index is 0.000000162. The van der Waals surface area contributed by atoms with Crippen molar-refractivity contribution in [1.82, 2.24) is 38.5 Å². The van der Waals surface area contributed by atoms with Crippen LogP contribution in [0.15, 0.2) is 111 Å². The fourth-order valence-electron chi connectivity index (χ4n) is 8.34. The number of halogens is 2. The molecule has 0 amide bonds. The number of nitrogens with zero attached hydrogens (tertiary/aromatic N) is 5. The van der Waals surface area contributed by atoms with Gasteiger partial charge < -0.3 is 19.9 Å². The number of likely N-dealkylation sites (tertiary alicyclic amines) is 1. The number of aryl methyl sites for hydroxylation is 1. The third kappa shape index (κ3) is 8.57. The highest BCUT2D eigenvalue weighted by atomic mass is 35.5. The van der Waals surface area contributed by atoms with Gasteiger partial charge in [-0.15, -0.1) is 0 Å². The Bertz CT molecular complexity index is 2770. The molecular formula is C44H46ClFN8O4. The van der Waals surface area contributed by atoms with E-state index in [1.807, 2.05) is 69.8 Å². The Morgan fingerprint density at radius 3 is 2.10 bits per heavy atom. The molecule has 4 aromatic carbocycles. The molecule has 0 unspecified atom stereocenters. The highest BCUT2D eigenvalue weighted by Gasteiger charge is 2.24. The van der Waals surface area contributed by atoms with E-state index in [4.69, 9.17) is 11.6 Å². The lowest BCUT2D eigenvalue weighted by Crippen LogP contribution is -2.37. The number of Topliss-reactive ketones (excluding diaryl/α,β-unsaturated/α-hetero) is 1. The van der Waals surface area contributed by atoms with Crippen molar-refractivity contribution in [3.05, 3.63) is 145 Å². The Labute approximate surface area is 338 Å². The van der Waals surface area contributed by atoms with E-state index in [2.05, 4.69) is 30.8 Å². The smallest absolute Gasteiger partial charge is 0.306 e. The van der Waals surface area contributed by atoms with Crippen LogP contribution in [0, 0.1) is 5.82 Å². The predicted octanol–water partition coefficient (Wildman–Crippen LogP) is 7.03. The molecule has 12 nitrogen and oxygen atoms in total. The number of carbonyl (C=O) groups excluding carboxylic acids is 1. The molecule has 3 aromatic heterocycles. The van der Waals surface area contributed by atoms with Crippen LogP contribution in [0.5, 0.6) is 0 Å². The van der Waals surface area contributed by atoms with E-state index in [1.54, 1.807) is 10.6 Å². The quantitative estimate of drug-likeness (QED) is 0.120. The fourth-order valence-corrected chi connectivity index (χ4v) is 8.51. The highest BCUT2D eigenvalue weighted by molar-refractivity contribution is 6.31. The minimum Gasteiger partial charge on any atom is -0.306 e. The second-order valence-corrected chi connectivity index (χ2v) is 15.5. The molecule has 9 rings (SSSR count). The van der Waals surface area contributed by atoms with Crippen LogP contribution < -0.4 is 17.1 Å². The number of hydrogen-bond acceptors (Lipinski definition) is 6. The first-order valence-electron chi connectivity index (χ1n) is 19.9. The van der Waals surface area contributed by atoms with Gasteiger partial charge in [0.05, 0.1) is 33.1 Å². The first kappa shape index (κ1) is 39.1. The van der Waals surface area contributed by atoms with E-state index in [1.165, 1.54) is 24.3 Å². The molecule has 3 N–H and O–H groups in total. The zero-order valence-corrected chi connectivity index (χ0v) is 32.9. The Hall–Kier alpha value is -5.76. The summed E-state index contributed by atoms with van der Waals surface area (Å²) in [6.45, 7) is 5.96. The van der Waals surface area contributed by atoms with Crippen LogP contribution in [-0.2, 0) is 6.54 Å². The van der Waals surface area contributed by atoms with E-state index in [0.717, 1.165) is 110 Å². The molecular weight excluding hydrogens is 759 g/mol. The lowest BCUT2D eigenvalue weighted by Gasteiger charge is -2.32. The number of imidazole rings is 3. The summed E-state index contributed by atoms with van der Waals surface area (Å²) in [7, 11) is 0. The maximum absolute atomic E-state index is 12.9. The molecule has 1 fully saturated rings. The summed E-state index contributed by atoms with van der Waals surface area (Å²) >= 11 is 6.05. The van der Waals surface area contributed by atoms with Gasteiger partial charge in [0.2, 0.25) is 0 Å². The number of carbonyl (C=O) groups is 1. The SMILES string of the molecule is O=C(CCCN1CC=C(n2c(=O)[nH]c3ccccc32)CC1)c1ccc(F)cc1.O=c1[nH]c2ccccc2n1CCCN1CCC(n2c(=O)[nH]c3cc(Cl)ccc32)CC1. The van der Waals surface area contributed by atoms with Crippen LogP contribution >= 0.6 is 11.6 Å². The molecule has 0 aliphatic carbocycles. The number of benzene rings is 4. The molecule has 0 bridgehead atoms. The fraction of sp³-hybridized carbons (Fsp3) is 0.318. The van der Waals surface area contributed by atoms with Crippen molar-refractivity contribution < 1.29 is 9.18 Å². The van der Waals surface area contributed by atoms with Gasteiger partial charge in [-0.25, -0.2) is 18.8 Å². The molecule has 2 aliphatic rings. The number of hydrogen-bond donors (Lipinski definition) is 3. The molecule has 300 valence electrons. The summed E-state index contributed by atoms with van der Waals surface area (Å²) in [6, 6.07) is 26.9. The molecule has 0 saturated carbocycles. The summed E-state index contributed by atoms with van der Waals surface area (Å²) in [4.78, 5) is 62.6. The van der Waals surface area contributed by atoms with Crippen molar-refractivity contribution in [2.45, 2.75) is 51.1 Å². The van der Waals surface area contributed by atoms with Gasteiger partial charge in [-0.3, -0.25) is 23.4 Å². The van der Waals surface area contributed by atoms with Gasteiger partial charge in [0.1, 0.15) is 5.82 Å². The van der Waals surface area contributed by atoms with Crippen LogP contribution in [0.2, 0.25) is 5.02 Å². The number of H-pyrrole nitrogens is 3. The van der Waals surface area contributed by atoms with Gasteiger partial charge in [-0.2, -0.15) is 0 Å². The van der Waals surface area contributed by atoms with Gasteiger partial charge in [0, 0.05) is 67.9 Å². The van der Waals surface area contributed by atoms with Crippen LogP contribution in [0.4, 0.5) is 4.39 Å². The Morgan fingerprint density at radius 2 is 1.36 bits per heavy atom. The molecule has 0 atom stereocenters. The summed E-state index contributed by atoms with van der Waals surface area (Å²) in [5.41, 5.74) is 6.65. The maximum Gasteiger partial charge on any atom is 0.330 e. The van der Waals surface area contributed by atoms with Gasteiger partial charge in [-0.05, 0) is 106 Å². The van der Waals surface area contributed by atoms with Gasteiger partial charge in [0.25, 0.3) is 0 Å². The summed E-state index contributed by atoms with van der Waals surface area (Å²) in [6.07, 6.45) is 6.86. The molecule has 58 heavy (non-hydrogen) atoms. The van der Waals surface area contributed by atoms with E-state index in [9.17, 15) is 23.6 Å². The average Bonchev–Trinajstić information content (AvgIpc) is 3.86. The average molecular weight is 805 g/mol. The molecule has 1 saturated heterocycles. The monoisotopic (exact) mass is 804 g/mol. The van der Waals surface area contributed by atoms with Crippen molar-refractivity contribution in [1.29, 1.82) is 0 Å². The van der Waals surface area contributed by atoms with Crippen LogP contribution in [-0.4, -0.2) is 83.5 Å². The van der Waals surface area contributed by atoms with Crippen molar-refractivity contribution in [3.8, 4) is 0 Å². The number of fused-ring (bicyclic) bond motifs is 3. The van der Waals surface area contributed by atoms with Crippen molar-refractivity contribution in [2.75, 3.05) is 39.3 Å². The minimum absolute atomic E-state index is 0.0404. The van der Waals surface area contributed by atoms with Crippen molar-refractivity contribution >= 4 is 56.2 Å². The van der Waals surface area contributed by atoms with Gasteiger partial charge in [0.15, 0.2) is 5.78 Å². The van der Waals surface area contributed by atoms with Gasteiger partial charge >= 0.3 is 17.1 Å². The lowest BCUT2D eigenvalue weighted by atomic mass is 10.0. The summed E-state index contributed by atoms with van der Waals surface area (Å²) in [5, 5.41) is 0.625. The molecule has 5 heterocycles. The third-order valence-electron chi connectivity index (χ3n) is 11.3. The molecule has 0 spiro atoms. The standard InChI is InChI=1S/C22H24ClN5O2.C22H22FN3O2/c23-15-6-7-20-18(14-15)25-22(30)28(20)16-8-12-26(13-9-16)10-3-11-27-19-5-2-1-4-17(19)24-21(27)29;23-17-9-7-16(8-10-17)21(27)6-3-13-25-14-11-18(12-15-25)26-20-5-2-1-4-19(20)24-22(26)28/h1-2,4-7,14,16H,3,8-13H2,(H,24,29)(H,25,30);1-2,4-5,7-11H,3,6,12-15H2,(H,24,28). The van der Waals surface area contributed by atoms with E-state index < -0.39 is 0 Å². The summed E-state index contributed by atoms with van der Waals surface area (Å²) < 4.78 is 18.4. The number of aromatic nitrogens is 6. The lowest BCUT2D eigenvalue weighted by molar-refractivity contribution is 0.0975. The first-order chi connectivity index (χ1) is 28.2. The Kier molecular flexibility index (Phi) is 11.7. The first-order valence-corrected chi connectivity index (χ1v) is 20.3. The van der Waals surface area contributed by atoms with Crippen LogP contribution in [0.25, 0.3) is 38.8 Å². The van der Waals surface area contributed by atoms with Crippen molar-refractivity contribution in [3.63, 3.8) is 0 Å². The van der Waals surface area contributed by atoms with E-state index in [-0.39, 0.29) is 34.7 Å². The number of ketones is 1. The third-order valence-corrected chi connectivity index (χ3v) is 11.6. The molecule has 7 aromatic rings. The number of piperidine rings is 1. The summed E-state index contributed by atoms with van der Waals surface area (Å²) in [5.74, 6) is -0.291. The Morgan fingerprint density at radius 1 is 0.690 bits per heavy atom. The zero-order valence-electron chi connectivity index (χ0n) is 32.1. The second-order valence-electron chi connectivity index (χ2n) is 15.0. The topological polar surface area (TPSA) is 137 Å². The molecule has 14 heteroatoms. The number of para-hydroxylation sites is 4. The second kappa shape index (κ2) is 17.4. The normalized spacial score (nSPS) is 15.5. The van der Waals surface area contributed by atoms with Crippen LogP contribution in [0.3, 0.4) is 0 Å². The van der Waals surface area contributed by atoms with Gasteiger partial charge in [-0.1, -0.05) is 41.9 Å².